The number of nitrogens with one attached hydrogen (secondary N) is 1. The first-order valence-electron chi connectivity index (χ1n) is 6.57. The summed E-state index contributed by atoms with van der Waals surface area (Å²) >= 11 is 0. The van der Waals surface area contributed by atoms with Gasteiger partial charge in [0.2, 0.25) is 11.5 Å². The average Bonchev–Trinajstić information content (AvgIpc) is 2.42. The van der Waals surface area contributed by atoms with Crippen LogP contribution in [0.3, 0.4) is 0 Å². The molecule has 1 amide bonds. The third-order valence-corrected chi connectivity index (χ3v) is 3.25. The van der Waals surface area contributed by atoms with Gasteiger partial charge in [0, 0.05) is 25.7 Å². The summed E-state index contributed by atoms with van der Waals surface area (Å²) in [4.78, 5) is 23.2. The Labute approximate surface area is 118 Å². The van der Waals surface area contributed by atoms with Crippen molar-refractivity contribution in [3.63, 3.8) is 0 Å². The Morgan fingerprint density at radius 3 is 2.65 bits per heavy atom. The van der Waals surface area contributed by atoms with E-state index in [4.69, 9.17) is 0 Å². The highest BCUT2D eigenvalue weighted by Gasteiger charge is 2.05. The molecule has 0 bridgehead atoms. The van der Waals surface area contributed by atoms with Crippen LogP contribution in [0.25, 0.3) is 0 Å². The molecule has 0 atom stereocenters. The van der Waals surface area contributed by atoms with Crippen LogP contribution in [0.5, 0.6) is 0 Å². The monoisotopic (exact) mass is 270 g/mol. The fourth-order valence-electron chi connectivity index (χ4n) is 2.03. The number of aromatic nitrogens is 1. The summed E-state index contributed by atoms with van der Waals surface area (Å²) in [7, 11) is 1.66. The number of pyridine rings is 1. The Morgan fingerprint density at radius 1 is 1.20 bits per heavy atom. The van der Waals surface area contributed by atoms with Crippen LogP contribution in [-0.2, 0) is 18.3 Å². The molecule has 4 nitrogen and oxygen atoms in total. The summed E-state index contributed by atoms with van der Waals surface area (Å²) in [6.45, 7) is 2.04. The molecule has 0 unspecified atom stereocenters. The first kappa shape index (κ1) is 14.1. The number of hydrogen-bond donors (Lipinski definition) is 1. The number of rotatable bonds is 4. The third-order valence-electron chi connectivity index (χ3n) is 3.25. The molecular formula is C16H18N2O2. The van der Waals surface area contributed by atoms with Gasteiger partial charge in [-0.3, -0.25) is 9.59 Å². The van der Waals surface area contributed by atoms with E-state index < -0.39 is 0 Å². The molecule has 20 heavy (non-hydrogen) atoms. The molecule has 1 aromatic heterocycles. The minimum Gasteiger partial charge on any atom is -0.325 e. The standard InChI is InChI=1S/C16H18N2O2/c1-12-5-3-4-6-13(12)7-9-15(19)17-14-8-10-16(20)18(2)11-14/h3-6,8,10-11H,7,9H2,1-2H3,(H,17,19). The largest absolute Gasteiger partial charge is 0.325 e. The minimum absolute atomic E-state index is 0.0492. The summed E-state index contributed by atoms with van der Waals surface area (Å²) < 4.78 is 1.44. The van der Waals surface area contributed by atoms with E-state index in [-0.39, 0.29) is 11.5 Å². The number of benzene rings is 1. The fourth-order valence-corrected chi connectivity index (χ4v) is 2.03. The first-order valence-corrected chi connectivity index (χ1v) is 6.57. The molecule has 2 rings (SSSR count). The zero-order chi connectivity index (χ0) is 14.5. The Balaban J connectivity index is 1.94. The van der Waals surface area contributed by atoms with Gasteiger partial charge in [0.15, 0.2) is 0 Å². The van der Waals surface area contributed by atoms with Crippen molar-refractivity contribution < 1.29 is 4.79 Å². The Morgan fingerprint density at radius 2 is 1.95 bits per heavy atom. The highest BCUT2D eigenvalue weighted by molar-refractivity contribution is 5.90. The first-order chi connectivity index (χ1) is 9.56. The van der Waals surface area contributed by atoms with E-state index >= 15 is 0 Å². The SMILES string of the molecule is Cc1ccccc1CCC(=O)Nc1ccc(=O)n(C)c1. The van der Waals surface area contributed by atoms with Crippen molar-refractivity contribution in [3.8, 4) is 0 Å². The van der Waals surface area contributed by atoms with Gasteiger partial charge < -0.3 is 9.88 Å². The van der Waals surface area contributed by atoms with E-state index in [0.717, 1.165) is 0 Å². The zero-order valence-electron chi connectivity index (χ0n) is 11.7. The second kappa shape index (κ2) is 6.19. The van der Waals surface area contributed by atoms with E-state index in [1.54, 1.807) is 19.3 Å². The normalized spacial score (nSPS) is 10.3. The number of carbonyl (C=O) groups excluding carboxylic acids is 1. The van der Waals surface area contributed by atoms with E-state index in [0.29, 0.717) is 18.5 Å². The number of hydrogen-bond acceptors (Lipinski definition) is 2. The molecule has 1 N–H and O–H groups in total. The molecule has 0 aliphatic carbocycles. The van der Waals surface area contributed by atoms with Gasteiger partial charge in [-0.2, -0.15) is 0 Å². The van der Waals surface area contributed by atoms with Crippen LogP contribution in [-0.4, -0.2) is 10.5 Å². The van der Waals surface area contributed by atoms with E-state index in [1.165, 1.54) is 21.8 Å². The molecule has 1 heterocycles. The molecular weight excluding hydrogens is 252 g/mol. The van der Waals surface area contributed by atoms with Crippen molar-refractivity contribution >= 4 is 11.6 Å². The van der Waals surface area contributed by atoms with Crippen molar-refractivity contribution in [2.75, 3.05) is 5.32 Å². The van der Waals surface area contributed by atoms with Crippen molar-refractivity contribution in [1.82, 2.24) is 4.57 Å². The van der Waals surface area contributed by atoms with Gasteiger partial charge in [-0.15, -0.1) is 0 Å². The van der Waals surface area contributed by atoms with Crippen LogP contribution >= 0.6 is 0 Å². The topological polar surface area (TPSA) is 51.1 Å². The van der Waals surface area contributed by atoms with E-state index in [2.05, 4.69) is 5.32 Å². The summed E-state index contributed by atoms with van der Waals surface area (Å²) in [6, 6.07) is 11.1. The molecule has 0 spiro atoms. The number of nitrogens with zero attached hydrogens (tertiary/aromatic N) is 1. The number of anilines is 1. The lowest BCUT2D eigenvalue weighted by atomic mass is 10.0. The predicted molar refractivity (Wildman–Crippen MR) is 79.8 cm³/mol. The highest BCUT2D eigenvalue weighted by atomic mass is 16.1. The number of carbonyl (C=O) groups is 1. The van der Waals surface area contributed by atoms with Gasteiger partial charge in [0.25, 0.3) is 0 Å². The third kappa shape index (κ3) is 3.57. The summed E-state index contributed by atoms with van der Waals surface area (Å²) in [5.74, 6) is -0.0492. The van der Waals surface area contributed by atoms with Crippen LogP contribution in [0, 0.1) is 6.92 Å². The molecule has 0 saturated heterocycles. The smallest absolute Gasteiger partial charge is 0.250 e. The molecule has 0 saturated carbocycles. The van der Waals surface area contributed by atoms with Crippen molar-refractivity contribution in [1.29, 1.82) is 0 Å². The second-order valence-corrected chi connectivity index (χ2v) is 4.84. The van der Waals surface area contributed by atoms with E-state index in [1.807, 2.05) is 31.2 Å². The summed E-state index contributed by atoms with van der Waals surface area (Å²) in [5, 5.41) is 2.80. The molecule has 2 aromatic rings. The van der Waals surface area contributed by atoms with Crippen LogP contribution < -0.4 is 10.9 Å². The Kier molecular flexibility index (Phi) is 4.35. The molecule has 4 heteroatoms. The average molecular weight is 270 g/mol. The van der Waals surface area contributed by atoms with Gasteiger partial charge in [0.1, 0.15) is 0 Å². The van der Waals surface area contributed by atoms with E-state index in [9.17, 15) is 9.59 Å². The fraction of sp³-hybridized carbons (Fsp3) is 0.250. The second-order valence-electron chi connectivity index (χ2n) is 4.84. The molecule has 0 radical (unpaired) electrons. The molecule has 1 aromatic carbocycles. The minimum atomic E-state index is -0.0945. The maximum atomic E-state index is 11.9. The predicted octanol–water partition coefficient (Wildman–Crippen LogP) is 2.27. The van der Waals surface area contributed by atoms with Crippen molar-refractivity contribution in [2.24, 2.45) is 7.05 Å². The highest BCUT2D eigenvalue weighted by Crippen LogP contribution is 2.10. The Bertz CT molecular complexity index is 674. The van der Waals surface area contributed by atoms with Gasteiger partial charge in [0.05, 0.1) is 5.69 Å². The van der Waals surface area contributed by atoms with Gasteiger partial charge in [-0.05, 0) is 30.5 Å². The van der Waals surface area contributed by atoms with Crippen molar-refractivity contribution in [3.05, 3.63) is 64.1 Å². The lowest BCUT2D eigenvalue weighted by Gasteiger charge is -2.08. The summed E-state index contributed by atoms with van der Waals surface area (Å²) in [6.07, 6.45) is 2.76. The van der Waals surface area contributed by atoms with Crippen LogP contribution in [0.4, 0.5) is 5.69 Å². The van der Waals surface area contributed by atoms with Gasteiger partial charge in [-0.25, -0.2) is 0 Å². The quantitative estimate of drug-likeness (QED) is 0.926. The summed E-state index contributed by atoms with van der Waals surface area (Å²) in [5.41, 5.74) is 2.93. The molecule has 0 fully saturated rings. The van der Waals surface area contributed by atoms with Crippen LogP contribution in [0.2, 0.25) is 0 Å². The molecule has 0 aliphatic rings. The maximum Gasteiger partial charge on any atom is 0.250 e. The number of amides is 1. The zero-order valence-corrected chi connectivity index (χ0v) is 11.7. The number of aryl methyl sites for hydroxylation is 3. The van der Waals surface area contributed by atoms with Gasteiger partial charge in [-0.1, -0.05) is 24.3 Å². The lowest BCUT2D eigenvalue weighted by Crippen LogP contribution is -2.18. The maximum absolute atomic E-state index is 11.9. The molecule has 104 valence electrons. The Hall–Kier alpha value is -2.36. The molecule has 0 aliphatic heterocycles. The van der Waals surface area contributed by atoms with Crippen LogP contribution in [0.15, 0.2) is 47.4 Å². The van der Waals surface area contributed by atoms with Crippen molar-refractivity contribution in [2.45, 2.75) is 19.8 Å². The van der Waals surface area contributed by atoms with Crippen LogP contribution in [0.1, 0.15) is 17.5 Å². The lowest BCUT2D eigenvalue weighted by molar-refractivity contribution is -0.116. The van der Waals surface area contributed by atoms with Gasteiger partial charge >= 0.3 is 0 Å².